The van der Waals surface area contributed by atoms with Gasteiger partial charge in [-0.2, -0.15) is 0 Å². The molecule has 418 valence electrons. The summed E-state index contributed by atoms with van der Waals surface area (Å²) in [4.78, 5) is 34.7. The number of ketones is 1. The molecule has 3 aromatic rings. The number of nitrogens with zero attached hydrogens (tertiary/aromatic N) is 2. The van der Waals surface area contributed by atoms with Crippen molar-refractivity contribution in [3.8, 4) is 0 Å². The van der Waals surface area contributed by atoms with E-state index in [9.17, 15) is 24.9 Å². The number of methoxy groups -OCH3 is 2. The summed E-state index contributed by atoms with van der Waals surface area (Å²) < 4.78 is 56.0. The maximum Gasteiger partial charge on any atom is 0.308 e. The summed E-state index contributed by atoms with van der Waals surface area (Å²) >= 11 is 0. The topological polar surface area (TPSA) is 194 Å². The van der Waals surface area contributed by atoms with Crippen LogP contribution in [0.15, 0.2) is 103 Å². The number of allylic oxidation sites excluding steroid dienone is 3. The molecule has 2 saturated heterocycles. The number of carbonyl (C=O) groups excluding carboxylic acids is 2. The number of pyridine rings is 1. The second kappa shape index (κ2) is 30.0. The lowest BCUT2D eigenvalue weighted by atomic mass is 9.79. The van der Waals surface area contributed by atoms with Gasteiger partial charge in [-0.3, -0.25) is 14.6 Å². The summed E-state index contributed by atoms with van der Waals surface area (Å²) in [5.41, 5.74) is 3.62. The first-order valence-electron chi connectivity index (χ1n) is 26.9. The number of aliphatic hydroxyl groups excluding tert-OH is 3. The highest BCUT2D eigenvalue weighted by Crippen LogP contribution is 2.36. The fraction of sp³-hybridized carbons (Fsp3) is 0.583. The summed E-state index contributed by atoms with van der Waals surface area (Å²) in [7, 11) is 6.71. The van der Waals surface area contributed by atoms with Crippen LogP contribution in [0.5, 0.6) is 0 Å². The number of rotatable bonds is 19. The Morgan fingerprint density at radius 2 is 1.49 bits per heavy atom. The van der Waals surface area contributed by atoms with Crippen LogP contribution in [0.3, 0.4) is 0 Å². The van der Waals surface area contributed by atoms with E-state index in [0.717, 1.165) is 27.6 Å². The van der Waals surface area contributed by atoms with Gasteiger partial charge >= 0.3 is 5.97 Å². The maximum absolute atomic E-state index is 14.1. The molecule has 3 aliphatic heterocycles. The number of hydrogen-bond donors (Lipinski definition) is 3. The van der Waals surface area contributed by atoms with Crippen molar-refractivity contribution in [1.82, 2.24) is 9.88 Å². The van der Waals surface area contributed by atoms with Gasteiger partial charge in [0.1, 0.15) is 36.6 Å². The molecular formula is C60H84N2O14. The van der Waals surface area contributed by atoms with Gasteiger partial charge in [-0.15, -0.1) is 0 Å². The lowest BCUT2D eigenvalue weighted by Crippen LogP contribution is -2.64. The standard InChI is InChI=1S/C60H84N2O14/c1-11-50-46(36-72-60-58(69-10)57(68-9)53(66)40(5)73-60)31-37(2)25-26-48(63)38(3)32-45(27-30-70-28-17-21-42-19-13-12-14-20-42)55(39(4)49(64)34-51(65)75-50)76-59-54(67)52(62(7)8)56(41(6)74-59)71-29-18-22-43-33-44-23-15-16-24-47(44)61-35-43/h12-26,31,33,35,38-41,45-46,49-50,52-60,64,66-67H,11,27-30,32,34,36H2,1-10H3/b21-17+,22-18+,26-25+,37-31+/t38-,39+,40-,41-,45+,46-,49-,50-,52-,53-,54-,55-,56-,57-,58-,59?,60-/m1/s1. The molecule has 2 aromatic carbocycles. The number of aliphatic hydroxyl groups is 3. The predicted molar refractivity (Wildman–Crippen MR) is 291 cm³/mol. The summed E-state index contributed by atoms with van der Waals surface area (Å²) in [6, 6.07) is 19.3. The molecule has 2 fully saturated rings. The van der Waals surface area contributed by atoms with Gasteiger partial charge in [0.2, 0.25) is 0 Å². The molecule has 16 heteroatoms. The highest BCUT2D eigenvalue weighted by molar-refractivity contribution is 5.91. The maximum atomic E-state index is 14.1. The van der Waals surface area contributed by atoms with E-state index < -0.39 is 109 Å². The average molecular weight is 1060 g/mol. The molecule has 6 rings (SSSR count). The van der Waals surface area contributed by atoms with Crippen LogP contribution < -0.4 is 0 Å². The number of fused-ring (bicyclic) bond motifs is 1. The zero-order chi connectivity index (χ0) is 54.9. The normalized spacial score (nSPS) is 34.7. The van der Waals surface area contributed by atoms with E-state index in [0.29, 0.717) is 32.5 Å². The largest absolute Gasteiger partial charge is 0.462 e. The minimum atomic E-state index is -1.28. The minimum absolute atomic E-state index is 0.0213. The lowest BCUT2D eigenvalue weighted by Gasteiger charge is -2.48. The van der Waals surface area contributed by atoms with Gasteiger partial charge in [0.15, 0.2) is 18.4 Å². The fourth-order valence-electron chi connectivity index (χ4n) is 10.6. The van der Waals surface area contributed by atoms with E-state index in [-0.39, 0.29) is 25.4 Å². The molecule has 3 aliphatic rings. The number of esters is 1. The third-order valence-corrected chi connectivity index (χ3v) is 14.9. The van der Waals surface area contributed by atoms with E-state index >= 15 is 0 Å². The van der Waals surface area contributed by atoms with Crippen LogP contribution >= 0.6 is 0 Å². The zero-order valence-corrected chi connectivity index (χ0v) is 46.1. The molecule has 0 spiro atoms. The van der Waals surface area contributed by atoms with Gasteiger partial charge in [0.25, 0.3) is 0 Å². The number of ether oxygens (including phenoxy) is 9. The van der Waals surface area contributed by atoms with Crippen molar-refractivity contribution >= 4 is 34.8 Å². The highest BCUT2D eigenvalue weighted by Gasteiger charge is 2.49. The zero-order valence-electron chi connectivity index (χ0n) is 46.1. The van der Waals surface area contributed by atoms with Gasteiger partial charge in [0.05, 0.1) is 62.2 Å². The first kappa shape index (κ1) is 60.7. The van der Waals surface area contributed by atoms with Crippen molar-refractivity contribution in [3.63, 3.8) is 0 Å². The first-order valence-corrected chi connectivity index (χ1v) is 26.9. The van der Waals surface area contributed by atoms with Crippen LogP contribution in [-0.2, 0) is 52.2 Å². The molecule has 0 bridgehead atoms. The van der Waals surface area contributed by atoms with Crippen LogP contribution in [-0.4, -0.2) is 171 Å². The van der Waals surface area contributed by atoms with E-state index in [1.54, 1.807) is 19.1 Å². The van der Waals surface area contributed by atoms with E-state index in [1.165, 1.54) is 14.2 Å². The Morgan fingerprint density at radius 1 is 0.789 bits per heavy atom. The van der Waals surface area contributed by atoms with Crippen molar-refractivity contribution in [2.75, 3.05) is 54.7 Å². The van der Waals surface area contributed by atoms with Gasteiger partial charge in [-0.1, -0.05) is 111 Å². The molecule has 0 radical (unpaired) electrons. The SMILES string of the molecule is CC[C@H]1OC(=O)C[C@@H](O)[C@H](C)[C@@H](OC2O[C@H](C)[C@@H](OC/C=C/c3cnc4ccccc4c3)[C@H](N(C)C)[C@H]2O)[C@@H](CCOC/C=C/c2ccccc2)C[C@@H](C)C(=O)/C=C/C(C)=C/[C@@H]1CO[C@@H]1O[C@H](C)[C@@H](O)[C@@H](OC)[C@H]1OC. The molecule has 17 atom stereocenters. The Kier molecular flexibility index (Phi) is 24.0. The quantitative estimate of drug-likeness (QED) is 0.0795. The van der Waals surface area contributed by atoms with Crippen LogP contribution in [0, 0.1) is 23.7 Å². The summed E-state index contributed by atoms with van der Waals surface area (Å²) in [5.74, 6) is -2.94. The number of para-hydroxylation sites is 1. The lowest BCUT2D eigenvalue weighted by molar-refractivity contribution is -0.308. The minimum Gasteiger partial charge on any atom is -0.462 e. The third-order valence-electron chi connectivity index (χ3n) is 14.9. The van der Waals surface area contributed by atoms with E-state index in [2.05, 4.69) is 11.1 Å². The molecule has 1 unspecified atom stereocenters. The van der Waals surface area contributed by atoms with Gasteiger partial charge in [-0.25, -0.2) is 0 Å². The van der Waals surface area contributed by atoms with Gasteiger partial charge in [0, 0.05) is 50.2 Å². The Hall–Kier alpha value is -4.53. The van der Waals surface area contributed by atoms with Crippen molar-refractivity contribution in [1.29, 1.82) is 0 Å². The number of cyclic esters (lactones) is 1. The monoisotopic (exact) mass is 1060 g/mol. The number of carbonyl (C=O) groups is 2. The van der Waals surface area contributed by atoms with Crippen molar-refractivity contribution in [2.45, 2.75) is 147 Å². The molecule has 0 aliphatic carbocycles. The molecule has 0 saturated carbocycles. The van der Waals surface area contributed by atoms with Crippen LogP contribution in [0.4, 0.5) is 0 Å². The predicted octanol–water partition coefficient (Wildman–Crippen LogP) is 7.38. The van der Waals surface area contributed by atoms with Crippen molar-refractivity contribution in [2.24, 2.45) is 23.7 Å². The van der Waals surface area contributed by atoms with Crippen LogP contribution in [0.25, 0.3) is 23.1 Å². The first-order chi connectivity index (χ1) is 36.5. The molecule has 1 aromatic heterocycles. The molecule has 3 N–H and O–H groups in total. The molecule has 76 heavy (non-hydrogen) atoms. The van der Waals surface area contributed by atoms with E-state index in [4.69, 9.17) is 42.6 Å². The van der Waals surface area contributed by atoms with Crippen molar-refractivity contribution in [3.05, 3.63) is 114 Å². The number of hydrogen-bond acceptors (Lipinski definition) is 16. The Bertz CT molecular complexity index is 2380. The van der Waals surface area contributed by atoms with Crippen LogP contribution in [0.1, 0.15) is 78.4 Å². The fourth-order valence-corrected chi connectivity index (χ4v) is 10.6. The smallest absolute Gasteiger partial charge is 0.308 e. The highest BCUT2D eigenvalue weighted by atomic mass is 16.7. The second-order valence-corrected chi connectivity index (χ2v) is 20.8. The number of likely N-dealkylation sites (N-methyl/N-ethyl adjacent to an activating group) is 1. The third kappa shape index (κ3) is 16.7. The number of benzene rings is 2. The number of aromatic nitrogens is 1. The molecule has 4 heterocycles. The second-order valence-electron chi connectivity index (χ2n) is 20.8. The molecule has 0 amide bonds. The average Bonchev–Trinajstić information content (AvgIpc) is 3.41. The Labute approximate surface area is 450 Å². The van der Waals surface area contributed by atoms with Gasteiger partial charge < -0.3 is 62.9 Å². The summed E-state index contributed by atoms with van der Waals surface area (Å²) in [6.07, 6.45) is 5.28. The Balaban J connectivity index is 1.24. The molecule has 16 nitrogen and oxygen atoms in total. The van der Waals surface area contributed by atoms with Crippen molar-refractivity contribution < 1.29 is 67.5 Å². The summed E-state index contributed by atoms with van der Waals surface area (Å²) in [6.45, 7) is 11.9. The van der Waals surface area contributed by atoms with Gasteiger partial charge in [-0.05, 0) is 89.4 Å². The van der Waals surface area contributed by atoms with Crippen LogP contribution in [0.2, 0.25) is 0 Å². The molecular weight excluding hydrogens is 973 g/mol. The van der Waals surface area contributed by atoms with E-state index in [1.807, 2.05) is 145 Å². The Morgan fingerprint density at radius 3 is 2.21 bits per heavy atom. The summed E-state index contributed by atoms with van der Waals surface area (Å²) in [5, 5.41) is 36.2.